The molecule has 2 heterocycles. The average molecular weight is 328 g/mol. The molecule has 0 fully saturated rings. The number of hydrogen-bond acceptors (Lipinski definition) is 7. The third-order valence-electron chi connectivity index (χ3n) is 3.81. The van der Waals surface area contributed by atoms with Crippen LogP contribution in [0.15, 0.2) is 39.5 Å². The molecule has 122 valence electrons. The summed E-state index contributed by atoms with van der Waals surface area (Å²) in [6.07, 6.45) is 0. The Morgan fingerprint density at radius 3 is 2.71 bits per heavy atom. The molecule has 0 atom stereocenters. The molecule has 4 rings (SSSR count). The number of rotatable bonds is 2. The first-order valence-electron chi connectivity index (χ1n) is 7.06. The van der Waals surface area contributed by atoms with Crippen molar-refractivity contribution < 1.29 is 28.8 Å². The minimum atomic E-state index is -0.576. The van der Waals surface area contributed by atoms with Gasteiger partial charge in [0.2, 0.25) is 23.7 Å². The molecule has 0 bridgehead atoms. The number of aromatic hydroxyl groups is 2. The summed E-state index contributed by atoms with van der Waals surface area (Å²) in [4.78, 5) is 12.8. The van der Waals surface area contributed by atoms with E-state index in [-0.39, 0.29) is 52.3 Å². The molecular weight excluding hydrogens is 316 g/mol. The Hall–Kier alpha value is -3.35. The Labute approximate surface area is 135 Å². The van der Waals surface area contributed by atoms with Gasteiger partial charge < -0.3 is 28.8 Å². The van der Waals surface area contributed by atoms with Gasteiger partial charge in [0.15, 0.2) is 17.3 Å². The second-order valence-electron chi connectivity index (χ2n) is 5.14. The summed E-state index contributed by atoms with van der Waals surface area (Å²) < 4.78 is 21.3. The highest BCUT2D eigenvalue weighted by atomic mass is 16.7. The van der Waals surface area contributed by atoms with E-state index in [4.69, 9.17) is 18.6 Å². The molecule has 0 aliphatic carbocycles. The zero-order chi connectivity index (χ0) is 16.8. The van der Waals surface area contributed by atoms with E-state index in [1.165, 1.54) is 19.2 Å². The van der Waals surface area contributed by atoms with E-state index in [9.17, 15) is 15.0 Å². The number of fused-ring (bicyclic) bond motifs is 2. The summed E-state index contributed by atoms with van der Waals surface area (Å²) in [5, 5.41) is 20.3. The predicted molar refractivity (Wildman–Crippen MR) is 83.9 cm³/mol. The van der Waals surface area contributed by atoms with Crippen molar-refractivity contribution in [2.75, 3.05) is 13.9 Å². The Morgan fingerprint density at radius 1 is 1.17 bits per heavy atom. The van der Waals surface area contributed by atoms with Gasteiger partial charge in [-0.05, 0) is 12.1 Å². The molecule has 0 amide bonds. The Morgan fingerprint density at radius 2 is 1.96 bits per heavy atom. The van der Waals surface area contributed by atoms with Gasteiger partial charge in [-0.25, -0.2) is 0 Å². The lowest BCUT2D eigenvalue weighted by Crippen LogP contribution is -2.08. The molecule has 24 heavy (non-hydrogen) atoms. The highest BCUT2D eigenvalue weighted by Gasteiger charge is 2.27. The minimum absolute atomic E-state index is 0.0587. The average Bonchev–Trinajstić information content (AvgIpc) is 3.04. The van der Waals surface area contributed by atoms with Crippen LogP contribution in [0.25, 0.3) is 22.3 Å². The summed E-state index contributed by atoms with van der Waals surface area (Å²) in [5.74, 6) is -0.132. The normalized spacial score (nSPS) is 12.5. The van der Waals surface area contributed by atoms with Gasteiger partial charge in [0.25, 0.3) is 0 Å². The first-order chi connectivity index (χ1) is 11.6. The van der Waals surface area contributed by atoms with Crippen molar-refractivity contribution in [1.29, 1.82) is 0 Å². The molecule has 0 saturated heterocycles. The van der Waals surface area contributed by atoms with E-state index in [0.717, 1.165) is 0 Å². The van der Waals surface area contributed by atoms with Crippen LogP contribution in [0.1, 0.15) is 0 Å². The van der Waals surface area contributed by atoms with E-state index in [2.05, 4.69) is 0 Å². The standard InChI is InChI=1S/C17H12O7/c1-21-17-14(20)12-10(6-11-16(13(12)19)23-7-22-11)24-15(17)8-4-2-3-5-9(8)18/h2-6,18-19H,7H2,1H3. The van der Waals surface area contributed by atoms with Gasteiger partial charge in [-0.15, -0.1) is 0 Å². The Balaban J connectivity index is 2.12. The predicted octanol–water partition coefficient (Wildman–Crippen LogP) is 2.61. The zero-order valence-corrected chi connectivity index (χ0v) is 12.5. The topological polar surface area (TPSA) is 98.4 Å². The molecule has 7 heteroatoms. The van der Waals surface area contributed by atoms with Crippen molar-refractivity contribution in [2.45, 2.75) is 0 Å². The summed E-state index contributed by atoms with van der Waals surface area (Å²) in [6.45, 7) is -0.0587. The van der Waals surface area contributed by atoms with Gasteiger partial charge >= 0.3 is 0 Å². The smallest absolute Gasteiger partial charge is 0.239 e. The SMILES string of the molecule is COc1c(-c2ccccc2O)oc2cc3c(c(O)c2c1=O)OCO3. The molecule has 0 radical (unpaired) electrons. The maximum atomic E-state index is 12.8. The zero-order valence-electron chi connectivity index (χ0n) is 12.5. The van der Waals surface area contributed by atoms with Crippen molar-refractivity contribution in [3.8, 4) is 40.1 Å². The molecule has 2 N–H and O–H groups in total. The van der Waals surface area contributed by atoms with Crippen LogP contribution >= 0.6 is 0 Å². The molecular formula is C17H12O7. The number of phenols is 2. The van der Waals surface area contributed by atoms with Crippen LogP contribution in [0.2, 0.25) is 0 Å². The Kier molecular flexibility index (Phi) is 3.02. The van der Waals surface area contributed by atoms with Crippen molar-refractivity contribution >= 4 is 11.0 Å². The summed E-state index contributed by atoms with van der Waals surface area (Å²) in [5.41, 5.74) is -0.181. The highest BCUT2D eigenvalue weighted by molar-refractivity contribution is 5.92. The third kappa shape index (κ3) is 1.88. The van der Waals surface area contributed by atoms with Gasteiger partial charge in [-0.2, -0.15) is 0 Å². The molecule has 7 nitrogen and oxygen atoms in total. The van der Waals surface area contributed by atoms with Crippen molar-refractivity contribution in [1.82, 2.24) is 0 Å². The van der Waals surface area contributed by atoms with E-state index in [0.29, 0.717) is 5.56 Å². The number of methoxy groups -OCH3 is 1. The van der Waals surface area contributed by atoms with Gasteiger partial charge in [0.1, 0.15) is 16.7 Å². The molecule has 0 unspecified atom stereocenters. The van der Waals surface area contributed by atoms with E-state index < -0.39 is 5.43 Å². The number of ether oxygens (including phenoxy) is 3. The summed E-state index contributed by atoms with van der Waals surface area (Å²) in [7, 11) is 1.31. The van der Waals surface area contributed by atoms with Gasteiger partial charge in [-0.3, -0.25) is 4.79 Å². The molecule has 2 aromatic carbocycles. The van der Waals surface area contributed by atoms with Gasteiger partial charge in [0, 0.05) is 6.07 Å². The molecule has 0 spiro atoms. The summed E-state index contributed by atoms with van der Waals surface area (Å²) in [6, 6.07) is 7.86. The molecule has 1 aromatic heterocycles. The molecule has 1 aliphatic heterocycles. The van der Waals surface area contributed by atoms with Crippen molar-refractivity contribution in [3.63, 3.8) is 0 Å². The van der Waals surface area contributed by atoms with Crippen LogP contribution in [0.4, 0.5) is 0 Å². The van der Waals surface area contributed by atoms with E-state index in [1.54, 1.807) is 18.2 Å². The number of hydrogen-bond donors (Lipinski definition) is 2. The lowest BCUT2D eigenvalue weighted by molar-refractivity contribution is 0.171. The third-order valence-corrected chi connectivity index (χ3v) is 3.81. The van der Waals surface area contributed by atoms with Crippen LogP contribution in [0, 0.1) is 0 Å². The van der Waals surface area contributed by atoms with Crippen molar-refractivity contribution in [3.05, 3.63) is 40.6 Å². The van der Waals surface area contributed by atoms with Gasteiger partial charge in [0.05, 0.1) is 12.7 Å². The largest absolute Gasteiger partial charge is 0.507 e. The van der Waals surface area contributed by atoms with Crippen LogP contribution < -0.4 is 19.6 Å². The fraction of sp³-hybridized carbons (Fsp3) is 0.118. The fourth-order valence-corrected chi connectivity index (χ4v) is 2.70. The molecule has 0 saturated carbocycles. The fourth-order valence-electron chi connectivity index (χ4n) is 2.70. The van der Waals surface area contributed by atoms with Crippen LogP contribution in [0.5, 0.6) is 28.7 Å². The van der Waals surface area contributed by atoms with Gasteiger partial charge in [-0.1, -0.05) is 12.1 Å². The quantitative estimate of drug-likeness (QED) is 0.746. The maximum absolute atomic E-state index is 12.8. The van der Waals surface area contributed by atoms with Crippen LogP contribution in [0.3, 0.4) is 0 Å². The first kappa shape index (κ1) is 14.3. The lowest BCUT2D eigenvalue weighted by Gasteiger charge is -2.11. The molecule has 3 aromatic rings. The van der Waals surface area contributed by atoms with Crippen molar-refractivity contribution in [2.24, 2.45) is 0 Å². The monoisotopic (exact) mass is 328 g/mol. The van der Waals surface area contributed by atoms with Crippen LogP contribution in [-0.2, 0) is 0 Å². The maximum Gasteiger partial charge on any atom is 0.239 e. The number of benzene rings is 2. The lowest BCUT2D eigenvalue weighted by atomic mass is 10.1. The Bertz CT molecular complexity index is 1020. The minimum Gasteiger partial charge on any atom is -0.507 e. The van der Waals surface area contributed by atoms with E-state index >= 15 is 0 Å². The number of para-hydroxylation sites is 1. The van der Waals surface area contributed by atoms with E-state index in [1.807, 2.05) is 0 Å². The second kappa shape index (κ2) is 5.09. The molecule has 1 aliphatic rings. The second-order valence-corrected chi connectivity index (χ2v) is 5.14. The summed E-state index contributed by atoms with van der Waals surface area (Å²) >= 11 is 0. The first-order valence-corrected chi connectivity index (χ1v) is 7.06. The van der Waals surface area contributed by atoms with Crippen LogP contribution in [-0.4, -0.2) is 24.1 Å². The number of phenolic OH excluding ortho intramolecular Hbond substituents is 2. The highest BCUT2D eigenvalue weighted by Crippen LogP contribution is 2.46.